The van der Waals surface area contributed by atoms with E-state index in [9.17, 15) is 19.2 Å². The first-order chi connectivity index (χ1) is 22.4. The quantitative estimate of drug-likeness (QED) is 0.0396. The molecule has 1 aromatic rings. The number of primary amides is 1. The third-order valence-electron chi connectivity index (χ3n) is 10.4. The largest absolute Gasteiger partial charge is 0.488 e. The smallest absolute Gasteiger partial charge is 0.355 e. The number of quaternary nitrogens is 2. The van der Waals surface area contributed by atoms with Crippen LogP contribution in [0.3, 0.4) is 0 Å². The fraction of sp³-hybridized carbons (Fsp3) is 0.529. The highest BCUT2D eigenvalue weighted by atomic mass is 127. The van der Waals surface area contributed by atoms with Crippen molar-refractivity contribution in [3.8, 4) is 5.75 Å². The zero-order valence-electron chi connectivity index (χ0n) is 27.2. The average Bonchev–Trinajstić information content (AvgIpc) is 3.30. The first kappa shape index (κ1) is 35.0. The van der Waals surface area contributed by atoms with E-state index in [4.69, 9.17) is 25.0 Å². The Balaban J connectivity index is 1.27. The second-order valence-electron chi connectivity index (χ2n) is 13.2. The molecule has 12 nitrogen and oxygen atoms in total. The van der Waals surface area contributed by atoms with E-state index in [0.717, 1.165) is 70.3 Å². The summed E-state index contributed by atoms with van der Waals surface area (Å²) < 4.78 is 14.6. The van der Waals surface area contributed by atoms with E-state index in [-0.39, 0.29) is 43.2 Å². The minimum Gasteiger partial charge on any atom is -0.488 e. The molecule has 5 aliphatic rings. The van der Waals surface area contributed by atoms with Gasteiger partial charge in [-0.05, 0) is 40.3 Å². The predicted molar refractivity (Wildman–Crippen MR) is 180 cm³/mol. The Kier molecular flexibility index (Phi) is 10.8. The van der Waals surface area contributed by atoms with Gasteiger partial charge in [0.1, 0.15) is 70.5 Å². The SMILES string of the molecule is C=CCOOC(=O)C(C)C1C(=O)N2C(C(=O)OCC=C)=C(COc3cc(CC[N+]45CC[N+](CC(N)=O)(CC4)CC5)ccc3I)[C@H](C)C12. The van der Waals surface area contributed by atoms with Gasteiger partial charge in [-0.1, -0.05) is 38.6 Å². The number of hydrogen-bond acceptors (Lipinski definition) is 8. The molecular formula is C34H45IN4O8+2. The highest BCUT2D eigenvalue weighted by Gasteiger charge is 2.61. The maximum Gasteiger partial charge on any atom is 0.355 e. The third-order valence-corrected chi connectivity index (χ3v) is 11.3. The fourth-order valence-electron chi connectivity index (χ4n) is 7.59. The van der Waals surface area contributed by atoms with Crippen molar-refractivity contribution in [3.05, 3.63) is 63.9 Å². The molecule has 0 spiro atoms. The maximum absolute atomic E-state index is 13.4. The summed E-state index contributed by atoms with van der Waals surface area (Å²) in [5, 5.41) is 0. The minimum absolute atomic E-state index is 0.00453. The Morgan fingerprint density at radius 3 is 2.38 bits per heavy atom. The molecule has 47 heavy (non-hydrogen) atoms. The van der Waals surface area contributed by atoms with Gasteiger partial charge >= 0.3 is 11.9 Å². The molecule has 5 heterocycles. The van der Waals surface area contributed by atoms with Crippen LogP contribution in [0.15, 0.2) is 54.8 Å². The van der Waals surface area contributed by atoms with Crippen molar-refractivity contribution in [1.29, 1.82) is 0 Å². The highest BCUT2D eigenvalue weighted by Crippen LogP contribution is 2.49. The first-order valence-corrected chi connectivity index (χ1v) is 17.2. The summed E-state index contributed by atoms with van der Waals surface area (Å²) in [6.07, 6.45) is 3.80. The summed E-state index contributed by atoms with van der Waals surface area (Å²) in [7, 11) is 0. The van der Waals surface area contributed by atoms with Crippen molar-refractivity contribution < 1.29 is 47.4 Å². The maximum atomic E-state index is 13.4. The molecule has 0 saturated carbocycles. The number of ether oxygens (including phenoxy) is 2. The summed E-state index contributed by atoms with van der Waals surface area (Å²) in [6, 6.07) is 5.79. The van der Waals surface area contributed by atoms with Gasteiger partial charge in [-0.15, -0.1) is 6.58 Å². The number of rotatable bonds is 16. The van der Waals surface area contributed by atoms with Crippen molar-refractivity contribution in [2.45, 2.75) is 26.3 Å². The van der Waals surface area contributed by atoms with E-state index >= 15 is 0 Å². The number of fused-ring (bicyclic) bond motifs is 4. The van der Waals surface area contributed by atoms with Gasteiger partial charge in [-0.2, -0.15) is 4.89 Å². The van der Waals surface area contributed by atoms with Crippen molar-refractivity contribution in [3.63, 3.8) is 0 Å². The molecule has 13 heteroatoms. The van der Waals surface area contributed by atoms with E-state index in [1.54, 1.807) is 6.92 Å². The monoisotopic (exact) mass is 764 g/mol. The molecule has 0 aromatic heterocycles. The van der Waals surface area contributed by atoms with Gasteiger partial charge in [0.25, 0.3) is 5.91 Å². The molecule has 5 aliphatic heterocycles. The van der Waals surface area contributed by atoms with E-state index in [2.05, 4.69) is 47.9 Å². The Morgan fingerprint density at radius 2 is 1.74 bits per heavy atom. The van der Waals surface area contributed by atoms with E-state index in [0.29, 0.717) is 17.9 Å². The number of β-lactam (4-membered cyclic amide) rings is 1. The standard InChI is InChI=1S/C34H44IN4O8/c1-5-17-44-34(43)31-25(22(3)30-29(32(41)37(30)31)23(4)33(42)47-46-18-6-2)21-45-27-19-24(7-8-26(27)35)9-10-38-11-14-39(15-12-38,16-13-38)20-28(36)40/h5-8,19,22-23,29-30H,1-2,9-18,20-21H2,3-4H3,(H-,36,40)/q+1/p+1/t22-,23?,29?,30?,38?,39?/m0/s1. The number of benzene rings is 1. The lowest BCUT2D eigenvalue weighted by Gasteiger charge is -2.55. The number of amides is 2. The number of hydrogen-bond donors (Lipinski definition) is 1. The zero-order valence-corrected chi connectivity index (χ0v) is 29.3. The van der Waals surface area contributed by atoms with Gasteiger partial charge in [0.05, 0.1) is 28.0 Å². The minimum atomic E-state index is -0.788. The second-order valence-corrected chi connectivity index (χ2v) is 14.4. The zero-order chi connectivity index (χ0) is 33.9. The molecule has 2 amide bonds. The average molecular weight is 765 g/mol. The van der Waals surface area contributed by atoms with Crippen LogP contribution < -0.4 is 10.5 Å². The molecule has 4 atom stereocenters. The van der Waals surface area contributed by atoms with Gasteiger partial charge in [0.2, 0.25) is 5.91 Å². The number of piperazine rings is 3. The van der Waals surface area contributed by atoms with Crippen molar-refractivity contribution in [2.24, 2.45) is 23.5 Å². The van der Waals surface area contributed by atoms with Crippen LogP contribution in [0.25, 0.3) is 0 Å². The number of halogens is 1. The van der Waals surface area contributed by atoms with Crippen LogP contribution in [0.1, 0.15) is 19.4 Å². The summed E-state index contributed by atoms with van der Waals surface area (Å²) in [4.78, 5) is 62.1. The first-order valence-electron chi connectivity index (χ1n) is 16.1. The number of nitrogens with zero attached hydrogens (tertiary/aromatic N) is 3. The fourth-order valence-corrected chi connectivity index (χ4v) is 8.08. The molecule has 4 saturated heterocycles. The van der Waals surface area contributed by atoms with Crippen LogP contribution in [0.2, 0.25) is 0 Å². The van der Waals surface area contributed by atoms with Crippen LogP contribution in [0.4, 0.5) is 0 Å². The lowest BCUT2D eigenvalue weighted by atomic mass is 9.74. The van der Waals surface area contributed by atoms with Crippen molar-refractivity contribution >= 4 is 46.3 Å². The highest BCUT2D eigenvalue weighted by molar-refractivity contribution is 14.1. The molecule has 2 N–H and O–H groups in total. The summed E-state index contributed by atoms with van der Waals surface area (Å²) in [5.74, 6) is -2.91. The number of carbonyl (C=O) groups is 4. The predicted octanol–water partition coefficient (Wildman–Crippen LogP) is 2.12. The van der Waals surface area contributed by atoms with E-state index in [1.165, 1.54) is 17.1 Å². The molecular weight excluding hydrogens is 719 g/mol. The lowest BCUT2D eigenvalue weighted by molar-refractivity contribution is -1.08. The van der Waals surface area contributed by atoms with E-state index in [1.807, 2.05) is 13.0 Å². The van der Waals surface area contributed by atoms with Gasteiger partial charge in [-0.3, -0.25) is 14.5 Å². The van der Waals surface area contributed by atoms with Crippen molar-refractivity contribution in [1.82, 2.24) is 4.90 Å². The molecule has 4 fully saturated rings. The number of esters is 1. The van der Waals surface area contributed by atoms with Crippen LogP contribution in [0, 0.1) is 21.3 Å². The van der Waals surface area contributed by atoms with E-state index < -0.39 is 29.8 Å². The van der Waals surface area contributed by atoms with Crippen molar-refractivity contribution in [2.75, 3.05) is 72.2 Å². The molecule has 2 bridgehead atoms. The summed E-state index contributed by atoms with van der Waals surface area (Å²) in [6.45, 7) is 18.3. The van der Waals surface area contributed by atoms with Gasteiger partial charge in [-0.25, -0.2) is 9.59 Å². The van der Waals surface area contributed by atoms with Gasteiger partial charge in [0, 0.05) is 17.9 Å². The van der Waals surface area contributed by atoms with Crippen LogP contribution >= 0.6 is 22.6 Å². The van der Waals surface area contributed by atoms with Gasteiger partial charge < -0.3 is 29.1 Å². The molecule has 0 aliphatic carbocycles. The molecule has 1 aromatic carbocycles. The summed E-state index contributed by atoms with van der Waals surface area (Å²) >= 11 is 2.24. The van der Waals surface area contributed by atoms with Crippen LogP contribution in [-0.2, 0) is 40.1 Å². The Bertz CT molecular complexity index is 1450. The molecule has 0 radical (unpaired) electrons. The number of carbonyl (C=O) groups excluding carboxylic acids is 4. The molecule has 6 rings (SSSR count). The normalized spacial score (nSPS) is 28.3. The Labute approximate surface area is 289 Å². The van der Waals surface area contributed by atoms with Gasteiger partial charge in [0.15, 0.2) is 6.54 Å². The lowest BCUT2D eigenvalue weighted by Crippen LogP contribution is -2.76. The topological polar surface area (TPSA) is 134 Å². The Hall–Kier alpha value is -3.27. The van der Waals surface area contributed by atoms with Crippen LogP contribution in [0.5, 0.6) is 5.75 Å². The second kappa shape index (κ2) is 14.5. The molecule has 254 valence electrons. The van der Waals surface area contributed by atoms with Crippen LogP contribution in [-0.4, -0.2) is 116 Å². The number of nitrogens with two attached hydrogens (primary N) is 1. The molecule has 3 unspecified atom stereocenters. The summed E-state index contributed by atoms with van der Waals surface area (Å²) in [5.41, 5.74) is 7.50. The third kappa shape index (κ3) is 7.13. The Morgan fingerprint density at radius 1 is 1.09 bits per heavy atom.